The number of hydrogen-bond acceptors (Lipinski definition) is 1. The molecule has 2 aliphatic carbocycles. The maximum atomic E-state index is 5.21. The van der Waals surface area contributed by atoms with Crippen LogP contribution >= 0.6 is 0 Å². The lowest BCUT2D eigenvalue weighted by Gasteiger charge is -2.18. The minimum absolute atomic E-state index is 0.861. The highest BCUT2D eigenvalue weighted by Crippen LogP contribution is 2.47. The predicted octanol–water partition coefficient (Wildman–Crippen LogP) is 12.4. The highest BCUT2D eigenvalue weighted by molar-refractivity contribution is 6.12. The zero-order valence-electron chi connectivity index (χ0n) is 28.5. The van der Waals surface area contributed by atoms with Gasteiger partial charge in [-0.15, -0.1) is 0 Å². The Kier molecular flexibility index (Phi) is 5.70. The zero-order chi connectivity index (χ0) is 33.9. The fourth-order valence-electron chi connectivity index (χ4n) is 9.34. The van der Waals surface area contributed by atoms with Gasteiger partial charge in [0, 0.05) is 22.8 Å². The summed E-state index contributed by atoms with van der Waals surface area (Å²) >= 11 is 0. The number of nitrogens with zero attached hydrogens (tertiary/aromatic N) is 2. The molecule has 12 rings (SSSR count). The fraction of sp³-hybridized carbons (Fsp3) is 0.0600. The third-order valence-corrected chi connectivity index (χ3v) is 11.8. The van der Waals surface area contributed by atoms with Crippen LogP contribution in [0.5, 0.6) is 0 Å². The third-order valence-electron chi connectivity index (χ3n) is 11.8. The molecule has 0 unspecified atom stereocenters. The Labute approximate surface area is 302 Å². The van der Waals surface area contributed by atoms with Crippen molar-refractivity contribution >= 4 is 44.0 Å². The van der Waals surface area contributed by atoms with E-state index in [4.69, 9.17) is 4.99 Å². The van der Waals surface area contributed by atoms with Crippen LogP contribution < -0.4 is 0 Å². The molecule has 2 heterocycles. The Hall–Kier alpha value is -6.51. The Balaban J connectivity index is 1.13. The van der Waals surface area contributed by atoms with E-state index in [9.17, 15) is 0 Å². The predicted molar refractivity (Wildman–Crippen MR) is 217 cm³/mol. The van der Waals surface area contributed by atoms with Gasteiger partial charge >= 0.3 is 0 Å². The lowest BCUT2D eigenvalue weighted by atomic mass is 9.94. The molecular weight excluding hydrogens is 629 g/mol. The van der Waals surface area contributed by atoms with E-state index in [0.717, 1.165) is 30.7 Å². The molecule has 8 aromatic carbocycles. The Morgan fingerprint density at radius 1 is 0.385 bits per heavy atom. The van der Waals surface area contributed by atoms with Crippen molar-refractivity contribution in [1.29, 1.82) is 0 Å². The summed E-state index contributed by atoms with van der Waals surface area (Å²) in [5, 5.41) is 5.18. The molecule has 9 aromatic rings. The van der Waals surface area contributed by atoms with Gasteiger partial charge in [-0.05, 0) is 127 Å². The second-order valence-electron chi connectivity index (χ2n) is 14.7. The summed E-state index contributed by atoms with van der Waals surface area (Å²) in [5.74, 6) is 0. The lowest BCUT2D eigenvalue weighted by molar-refractivity contribution is 1.17. The van der Waals surface area contributed by atoms with Crippen LogP contribution in [0, 0.1) is 0 Å². The van der Waals surface area contributed by atoms with E-state index in [1.54, 1.807) is 0 Å². The number of fused-ring (bicyclic) bond motifs is 11. The van der Waals surface area contributed by atoms with E-state index < -0.39 is 0 Å². The maximum absolute atomic E-state index is 5.21. The monoisotopic (exact) mass is 660 g/mol. The average molecular weight is 661 g/mol. The summed E-state index contributed by atoms with van der Waals surface area (Å²) in [6.07, 6.45) is 2.76. The van der Waals surface area contributed by atoms with Crippen molar-refractivity contribution in [3.8, 4) is 39.1 Å². The van der Waals surface area contributed by atoms with Crippen LogP contribution in [0.25, 0.3) is 71.6 Å². The van der Waals surface area contributed by atoms with E-state index in [0.29, 0.717) is 0 Å². The first-order valence-electron chi connectivity index (χ1n) is 18.3. The normalized spacial score (nSPS) is 13.7. The fourth-order valence-corrected chi connectivity index (χ4v) is 9.34. The minimum atomic E-state index is 0.861. The van der Waals surface area contributed by atoms with Gasteiger partial charge in [-0.2, -0.15) is 0 Å². The number of para-hydroxylation sites is 1. The van der Waals surface area contributed by atoms with Gasteiger partial charge in [0.05, 0.1) is 28.1 Å². The topological polar surface area (TPSA) is 17.3 Å². The first-order chi connectivity index (χ1) is 25.7. The molecule has 0 spiro atoms. The molecule has 0 saturated carbocycles. The summed E-state index contributed by atoms with van der Waals surface area (Å²) < 4.78 is 2.55. The van der Waals surface area contributed by atoms with Gasteiger partial charge in [-0.3, -0.25) is 4.99 Å². The number of rotatable bonds is 3. The molecule has 52 heavy (non-hydrogen) atoms. The minimum Gasteiger partial charge on any atom is -0.309 e. The highest BCUT2D eigenvalue weighted by Gasteiger charge is 2.27. The van der Waals surface area contributed by atoms with Crippen molar-refractivity contribution in [2.45, 2.75) is 19.3 Å². The molecule has 242 valence electrons. The quantitative estimate of drug-likeness (QED) is 0.179. The summed E-state index contributed by atoms with van der Waals surface area (Å²) in [4.78, 5) is 5.21. The summed E-state index contributed by atoms with van der Waals surface area (Å²) in [6, 6.07) is 58.9. The SMILES string of the molecule is c1ccc(C2=Nc3cc(-c4cc5c(cc4-n4c6ccccc6c6cc7c(cc64)Cc4ccccc4-7)-c4cc6ccccc6cc4C5)ccc3C2)cc1. The van der Waals surface area contributed by atoms with Crippen LogP contribution in [-0.2, 0) is 19.3 Å². The molecule has 0 atom stereocenters. The molecule has 2 heteroatoms. The Bertz CT molecular complexity index is 3030. The molecule has 0 N–H and O–H groups in total. The first-order valence-corrected chi connectivity index (χ1v) is 18.3. The van der Waals surface area contributed by atoms with Crippen LogP contribution in [0.1, 0.15) is 33.4 Å². The number of benzene rings is 8. The van der Waals surface area contributed by atoms with Crippen LogP contribution in [0.2, 0.25) is 0 Å². The molecule has 1 aliphatic heterocycles. The van der Waals surface area contributed by atoms with Crippen molar-refractivity contribution in [3.63, 3.8) is 0 Å². The van der Waals surface area contributed by atoms with Crippen LogP contribution in [0.15, 0.2) is 163 Å². The van der Waals surface area contributed by atoms with Gasteiger partial charge in [0.1, 0.15) is 0 Å². The molecule has 1 aromatic heterocycles. The lowest BCUT2D eigenvalue weighted by Crippen LogP contribution is -2.00. The van der Waals surface area contributed by atoms with Crippen molar-refractivity contribution in [3.05, 3.63) is 191 Å². The molecule has 0 saturated heterocycles. The number of hydrogen-bond donors (Lipinski definition) is 0. The average Bonchev–Trinajstić information content (AvgIpc) is 3.95. The highest BCUT2D eigenvalue weighted by atomic mass is 15.0. The second kappa shape index (κ2) is 10.5. The maximum Gasteiger partial charge on any atom is 0.0675 e. The van der Waals surface area contributed by atoms with Gasteiger partial charge in [-0.25, -0.2) is 0 Å². The Morgan fingerprint density at radius 2 is 1.10 bits per heavy atom. The second-order valence-corrected chi connectivity index (χ2v) is 14.7. The van der Waals surface area contributed by atoms with Crippen LogP contribution in [-0.4, -0.2) is 10.3 Å². The van der Waals surface area contributed by atoms with E-state index in [1.165, 1.54) is 105 Å². The molecular formula is C50H32N2. The molecule has 0 radical (unpaired) electrons. The van der Waals surface area contributed by atoms with Gasteiger partial charge in [0.25, 0.3) is 0 Å². The van der Waals surface area contributed by atoms with Crippen LogP contribution in [0.3, 0.4) is 0 Å². The molecule has 0 fully saturated rings. The summed E-state index contributed by atoms with van der Waals surface area (Å²) in [7, 11) is 0. The van der Waals surface area contributed by atoms with Gasteiger partial charge in [0.2, 0.25) is 0 Å². The van der Waals surface area contributed by atoms with E-state index in [-0.39, 0.29) is 0 Å². The Morgan fingerprint density at radius 3 is 2.02 bits per heavy atom. The van der Waals surface area contributed by atoms with Crippen molar-refractivity contribution in [1.82, 2.24) is 4.57 Å². The van der Waals surface area contributed by atoms with Crippen molar-refractivity contribution < 1.29 is 0 Å². The smallest absolute Gasteiger partial charge is 0.0675 e. The molecule has 3 aliphatic rings. The number of aliphatic imine (C=N–C) groups is 1. The first kappa shape index (κ1) is 28.2. The van der Waals surface area contributed by atoms with E-state index >= 15 is 0 Å². The standard InChI is InChI=1S/C50H32N2/c1-2-10-30(11-3-1)46-26-35-19-18-34(25-47(35)51-46)44-24-37-22-36-20-31-12-4-5-13-32(31)23-41(36)43(37)29-50(44)52-48-17-9-8-16-40(48)45-28-42-38(27-49(45)52)21-33-14-6-7-15-39(33)42/h1-20,23-25,27-29H,21-22,26H2. The van der Waals surface area contributed by atoms with E-state index in [2.05, 4.69) is 162 Å². The largest absolute Gasteiger partial charge is 0.309 e. The molecule has 0 bridgehead atoms. The van der Waals surface area contributed by atoms with E-state index in [1.807, 2.05) is 0 Å². The van der Waals surface area contributed by atoms with Gasteiger partial charge < -0.3 is 4.57 Å². The van der Waals surface area contributed by atoms with Gasteiger partial charge in [-0.1, -0.05) is 115 Å². The summed E-state index contributed by atoms with van der Waals surface area (Å²) in [5.41, 5.74) is 21.9. The number of aromatic nitrogens is 1. The zero-order valence-corrected chi connectivity index (χ0v) is 28.5. The molecule has 0 amide bonds. The summed E-state index contributed by atoms with van der Waals surface area (Å²) in [6.45, 7) is 0. The van der Waals surface area contributed by atoms with Gasteiger partial charge in [0.15, 0.2) is 0 Å². The van der Waals surface area contributed by atoms with Crippen molar-refractivity contribution in [2.75, 3.05) is 0 Å². The van der Waals surface area contributed by atoms with Crippen LogP contribution in [0.4, 0.5) is 5.69 Å². The third kappa shape index (κ3) is 4.04. The molecule has 2 nitrogen and oxygen atoms in total. The van der Waals surface area contributed by atoms with Crippen molar-refractivity contribution in [2.24, 2.45) is 4.99 Å².